The molecule has 0 radical (unpaired) electrons. The molecule has 19 heavy (non-hydrogen) atoms. The SMILES string of the molecule is Cc1ccc(-c2ncco2)cc1NC1CCSCC1. The van der Waals surface area contributed by atoms with E-state index >= 15 is 0 Å². The topological polar surface area (TPSA) is 38.1 Å². The zero-order valence-electron chi connectivity index (χ0n) is 11.1. The van der Waals surface area contributed by atoms with Crippen molar-refractivity contribution in [1.29, 1.82) is 0 Å². The number of hydrogen-bond donors (Lipinski definition) is 1. The summed E-state index contributed by atoms with van der Waals surface area (Å²) in [6.07, 6.45) is 5.78. The highest BCUT2D eigenvalue weighted by atomic mass is 32.2. The van der Waals surface area contributed by atoms with Crippen molar-refractivity contribution in [2.75, 3.05) is 16.8 Å². The van der Waals surface area contributed by atoms with E-state index in [2.05, 4.69) is 35.4 Å². The fraction of sp³-hybridized carbons (Fsp3) is 0.400. The summed E-state index contributed by atoms with van der Waals surface area (Å²) in [6, 6.07) is 6.92. The first-order valence-corrected chi connectivity index (χ1v) is 7.83. The van der Waals surface area contributed by atoms with E-state index in [0.29, 0.717) is 11.9 Å². The van der Waals surface area contributed by atoms with Crippen LogP contribution in [0.15, 0.2) is 35.1 Å². The molecule has 1 fully saturated rings. The fourth-order valence-electron chi connectivity index (χ4n) is 2.34. The summed E-state index contributed by atoms with van der Waals surface area (Å²) in [4.78, 5) is 4.21. The number of hydrogen-bond acceptors (Lipinski definition) is 4. The lowest BCUT2D eigenvalue weighted by Gasteiger charge is -2.24. The molecule has 1 saturated heterocycles. The highest BCUT2D eigenvalue weighted by Crippen LogP contribution is 2.27. The Morgan fingerprint density at radius 2 is 2.16 bits per heavy atom. The van der Waals surface area contributed by atoms with Gasteiger partial charge in [-0.1, -0.05) is 6.07 Å². The van der Waals surface area contributed by atoms with Crippen LogP contribution in [-0.2, 0) is 0 Å². The summed E-state index contributed by atoms with van der Waals surface area (Å²) >= 11 is 2.05. The van der Waals surface area contributed by atoms with Crippen molar-refractivity contribution in [3.05, 3.63) is 36.2 Å². The monoisotopic (exact) mass is 274 g/mol. The van der Waals surface area contributed by atoms with Gasteiger partial charge in [0.15, 0.2) is 0 Å². The third-order valence-corrected chi connectivity index (χ3v) is 4.55. The Balaban J connectivity index is 1.81. The first kappa shape index (κ1) is 12.6. The van der Waals surface area contributed by atoms with E-state index in [1.54, 1.807) is 12.5 Å². The summed E-state index contributed by atoms with van der Waals surface area (Å²) in [5.41, 5.74) is 3.50. The Kier molecular flexibility index (Phi) is 3.78. The van der Waals surface area contributed by atoms with Crippen LogP contribution < -0.4 is 5.32 Å². The molecule has 0 spiro atoms. The van der Waals surface area contributed by atoms with Gasteiger partial charge >= 0.3 is 0 Å². The van der Waals surface area contributed by atoms with Gasteiger partial charge in [0.1, 0.15) is 6.26 Å². The first-order valence-electron chi connectivity index (χ1n) is 6.68. The second-order valence-corrected chi connectivity index (χ2v) is 6.12. The van der Waals surface area contributed by atoms with Crippen LogP contribution in [0.3, 0.4) is 0 Å². The van der Waals surface area contributed by atoms with E-state index in [1.165, 1.54) is 35.6 Å². The summed E-state index contributed by atoms with van der Waals surface area (Å²) in [5, 5.41) is 3.67. The second kappa shape index (κ2) is 5.70. The molecular weight excluding hydrogens is 256 g/mol. The van der Waals surface area contributed by atoms with Crippen molar-refractivity contribution in [1.82, 2.24) is 4.98 Å². The lowest BCUT2D eigenvalue weighted by molar-refractivity contribution is 0.574. The van der Waals surface area contributed by atoms with Gasteiger partial charge in [-0.25, -0.2) is 4.98 Å². The van der Waals surface area contributed by atoms with Crippen LogP contribution in [0.25, 0.3) is 11.5 Å². The third kappa shape index (κ3) is 2.95. The molecule has 2 heterocycles. The van der Waals surface area contributed by atoms with Gasteiger partial charge in [-0.2, -0.15) is 11.8 Å². The van der Waals surface area contributed by atoms with Crippen LogP contribution in [0.5, 0.6) is 0 Å². The lowest BCUT2D eigenvalue weighted by atomic mass is 10.1. The predicted octanol–water partition coefficient (Wildman–Crippen LogP) is 3.96. The van der Waals surface area contributed by atoms with Crippen LogP contribution >= 0.6 is 11.8 Å². The first-order chi connectivity index (χ1) is 9.33. The largest absolute Gasteiger partial charge is 0.445 e. The number of oxazole rings is 1. The highest BCUT2D eigenvalue weighted by molar-refractivity contribution is 7.99. The molecule has 0 aliphatic carbocycles. The number of thioether (sulfide) groups is 1. The second-order valence-electron chi connectivity index (χ2n) is 4.90. The van der Waals surface area contributed by atoms with Gasteiger partial charge in [-0.05, 0) is 49.0 Å². The van der Waals surface area contributed by atoms with Crippen molar-refractivity contribution < 1.29 is 4.42 Å². The molecule has 0 saturated carbocycles. The fourth-order valence-corrected chi connectivity index (χ4v) is 3.44. The number of aromatic nitrogens is 1. The Hall–Kier alpha value is -1.42. The van der Waals surface area contributed by atoms with E-state index in [1.807, 2.05) is 11.8 Å². The molecule has 0 atom stereocenters. The lowest BCUT2D eigenvalue weighted by Crippen LogP contribution is -2.24. The normalized spacial score (nSPS) is 16.5. The van der Waals surface area contributed by atoms with Gasteiger partial charge in [0.2, 0.25) is 5.89 Å². The minimum atomic E-state index is 0.597. The number of nitrogens with zero attached hydrogens (tertiary/aromatic N) is 1. The molecule has 1 aliphatic rings. The molecule has 4 heteroatoms. The third-order valence-electron chi connectivity index (χ3n) is 3.50. The molecule has 1 aromatic heterocycles. The van der Waals surface area contributed by atoms with E-state index in [-0.39, 0.29) is 0 Å². The Labute approximate surface area is 117 Å². The van der Waals surface area contributed by atoms with Crippen molar-refractivity contribution >= 4 is 17.4 Å². The van der Waals surface area contributed by atoms with Crippen LogP contribution in [-0.4, -0.2) is 22.5 Å². The summed E-state index contributed by atoms with van der Waals surface area (Å²) in [7, 11) is 0. The number of nitrogens with one attached hydrogen (secondary N) is 1. The average molecular weight is 274 g/mol. The van der Waals surface area contributed by atoms with E-state index in [0.717, 1.165) is 5.56 Å². The maximum atomic E-state index is 5.36. The maximum absolute atomic E-state index is 5.36. The Morgan fingerprint density at radius 3 is 2.89 bits per heavy atom. The maximum Gasteiger partial charge on any atom is 0.225 e. The van der Waals surface area contributed by atoms with Crippen LogP contribution in [0.2, 0.25) is 0 Å². The molecule has 2 aromatic rings. The standard InChI is InChI=1S/C15H18N2OS/c1-11-2-3-12(15-16-6-7-18-15)10-14(11)17-13-4-8-19-9-5-13/h2-3,6-7,10,13,17H,4-5,8-9H2,1H3. The molecule has 0 bridgehead atoms. The van der Waals surface area contributed by atoms with Crippen LogP contribution in [0.4, 0.5) is 5.69 Å². The average Bonchev–Trinajstić information content (AvgIpc) is 2.96. The zero-order valence-corrected chi connectivity index (χ0v) is 11.9. The molecular formula is C15H18N2OS. The summed E-state index contributed by atoms with van der Waals surface area (Å²) < 4.78 is 5.36. The molecule has 3 rings (SSSR count). The molecule has 1 aliphatic heterocycles. The highest BCUT2D eigenvalue weighted by Gasteiger charge is 2.14. The van der Waals surface area contributed by atoms with Gasteiger partial charge in [0.25, 0.3) is 0 Å². The van der Waals surface area contributed by atoms with E-state index in [4.69, 9.17) is 4.42 Å². The molecule has 0 unspecified atom stereocenters. The Bertz CT molecular complexity index is 533. The minimum absolute atomic E-state index is 0.597. The number of benzene rings is 1. The van der Waals surface area contributed by atoms with Gasteiger partial charge in [0.05, 0.1) is 6.20 Å². The molecule has 3 nitrogen and oxygen atoms in total. The number of rotatable bonds is 3. The molecule has 0 amide bonds. The van der Waals surface area contributed by atoms with Crippen LogP contribution in [0.1, 0.15) is 18.4 Å². The smallest absolute Gasteiger partial charge is 0.225 e. The van der Waals surface area contributed by atoms with Gasteiger partial charge in [-0.3, -0.25) is 0 Å². The van der Waals surface area contributed by atoms with Crippen LogP contribution in [0, 0.1) is 6.92 Å². The summed E-state index contributed by atoms with van der Waals surface area (Å²) in [5.74, 6) is 3.20. The van der Waals surface area contributed by atoms with Gasteiger partial charge in [-0.15, -0.1) is 0 Å². The quantitative estimate of drug-likeness (QED) is 0.919. The number of aryl methyl sites for hydroxylation is 1. The zero-order chi connectivity index (χ0) is 13.1. The molecule has 1 aromatic carbocycles. The van der Waals surface area contributed by atoms with E-state index < -0.39 is 0 Å². The van der Waals surface area contributed by atoms with Crippen molar-refractivity contribution in [2.45, 2.75) is 25.8 Å². The summed E-state index contributed by atoms with van der Waals surface area (Å²) in [6.45, 7) is 2.14. The Morgan fingerprint density at radius 1 is 1.32 bits per heavy atom. The van der Waals surface area contributed by atoms with Crippen molar-refractivity contribution in [3.63, 3.8) is 0 Å². The van der Waals surface area contributed by atoms with Gasteiger partial charge in [0, 0.05) is 17.3 Å². The number of anilines is 1. The van der Waals surface area contributed by atoms with E-state index in [9.17, 15) is 0 Å². The minimum Gasteiger partial charge on any atom is -0.445 e. The molecule has 100 valence electrons. The van der Waals surface area contributed by atoms with Crippen molar-refractivity contribution in [2.24, 2.45) is 0 Å². The predicted molar refractivity (Wildman–Crippen MR) is 80.6 cm³/mol. The van der Waals surface area contributed by atoms with Gasteiger partial charge < -0.3 is 9.73 Å². The van der Waals surface area contributed by atoms with Crippen molar-refractivity contribution in [3.8, 4) is 11.5 Å². The molecule has 1 N–H and O–H groups in total.